The number of carbonyl (C=O) groups is 1. The molecule has 1 aromatic rings. The third-order valence-electron chi connectivity index (χ3n) is 1.65. The van der Waals surface area contributed by atoms with Crippen molar-refractivity contribution >= 4 is 17.4 Å². The average Bonchev–Trinajstić information content (AvgIpc) is 2.65. The van der Waals surface area contributed by atoms with Crippen molar-refractivity contribution in [3.05, 3.63) is 10.6 Å². The molecule has 0 saturated heterocycles. The zero-order chi connectivity index (χ0) is 10.4. The number of aromatic nitrogens is 2. The molecule has 0 saturated carbocycles. The second-order valence-electron chi connectivity index (χ2n) is 2.61. The van der Waals surface area contributed by atoms with E-state index in [1.54, 1.807) is 0 Å². The monoisotopic (exact) mass is 209 g/mol. The van der Waals surface area contributed by atoms with Crippen LogP contribution in [0.1, 0.15) is 28.7 Å². The fourth-order valence-electron chi connectivity index (χ4n) is 0.941. The lowest BCUT2D eigenvalue weighted by Crippen LogP contribution is -2.24. The highest BCUT2D eigenvalue weighted by Gasteiger charge is 2.13. The lowest BCUT2D eigenvalue weighted by Gasteiger charge is -2.00. The SMILES string of the molecule is C#CCCNC(=O)c1snnc1CC. The Hall–Kier alpha value is -1.41. The van der Waals surface area contributed by atoms with Crippen molar-refractivity contribution in [3.8, 4) is 12.3 Å². The van der Waals surface area contributed by atoms with Crippen molar-refractivity contribution in [1.29, 1.82) is 0 Å². The summed E-state index contributed by atoms with van der Waals surface area (Å²) in [5.74, 6) is 2.32. The van der Waals surface area contributed by atoms with Gasteiger partial charge >= 0.3 is 0 Å². The maximum atomic E-state index is 11.5. The Morgan fingerprint density at radius 2 is 2.50 bits per heavy atom. The first kappa shape index (κ1) is 10.7. The van der Waals surface area contributed by atoms with Gasteiger partial charge in [-0.25, -0.2) is 0 Å². The summed E-state index contributed by atoms with van der Waals surface area (Å²) in [6, 6.07) is 0. The van der Waals surface area contributed by atoms with Crippen LogP contribution in [0.3, 0.4) is 0 Å². The minimum Gasteiger partial charge on any atom is -0.350 e. The number of hydrogen-bond acceptors (Lipinski definition) is 4. The fraction of sp³-hybridized carbons (Fsp3) is 0.444. The molecule has 14 heavy (non-hydrogen) atoms. The van der Waals surface area contributed by atoms with Crippen LogP contribution in [0.25, 0.3) is 0 Å². The molecule has 1 aromatic heterocycles. The van der Waals surface area contributed by atoms with Crippen LogP contribution in [0.15, 0.2) is 0 Å². The third-order valence-corrected chi connectivity index (χ3v) is 2.42. The molecule has 4 nitrogen and oxygen atoms in total. The highest BCUT2D eigenvalue weighted by Crippen LogP contribution is 2.10. The Morgan fingerprint density at radius 1 is 1.71 bits per heavy atom. The zero-order valence-corrected chi connectivity index (χ0v) is 8.73. The van der Waals surface area contributed by atoms with Crippen molar-refractivity contribution in [2.75, 3.05) is 6.54 Å². The topological polar surface area (TPSA) is 54.9 Å². The summed E-state index contributed by atoms with van der Waals surface area (Å²) < 4.78 is 3.73. The molecule has 0 fully saturated rings. The van der Waals surface area contributed by atoms with Crippen molar-refractivity contribution in [1.82, 2.24) is 14.9 Å². The molecule has 0 aliphatic heterocycles. The van der Waals surface area contributed by atoms with Crippen LogP contribution < -0.4 is 5.32 Å². The Morgan fingerprint density at radius 3 is 3.14 bits per heavy atom. The Kier molecular flexibility index (Phi) is 4.08. The Labute approximate surface area is 86.9 Å². The van der Waals surface area contributed by atoms with Crippen molar-refractivity contribution < 1.29 is 4.79 Å². The van der Waals surface area contributed by atoms with Crippen LogP contribution in [0.5, 0.6) is 0 Å². The molecular weight excluding hydrogens is 198 g/mol. The molecule has 0 bridgehead atoms. The number of rotatable bonds is 4. The quantitative estimate of drug-likeness (QED) is 0.591. The number of nitrogens with zero attached hydrogens (tertiary/aromatic N) is 2. The van der Waals surface area contributed by atoms with Crippen molar-refractivity contribution in [2.24, 2.45) is 0 Å². The van der Waals surface area contributed by atoms with Gasteiger partial charge in [0.05, 0.1) is 5.69 Å². The van der Waals surface area contributed by atoms with Gasteiger partial charge < -0.3 is 5.32 Å². The maximum absolute atomic E-state index is 11.5. The second-order valence-corrected chi connectivity index (χ2v) is 3.37. The number of amides is 1. The predicted molar refractivity (Wildman–Crippen MR) is 55.1 cm³/mol. The lowest BCUT2D eigenvalue weighted by atomic mass is 10.3. The Bertz CT molecular complexity index is 353. The zero-order valence-electron chi connectivity index (χ0n) is 7.91. The molecule has 0 aliphatic rings. The summed E-state index contributed by atoms with van der Waals surface area (Å²) in [7, 11) is 0. The molecule has 0 atom stereocenters. The van der Waals surface area contributed by atoms with Gasteiger partial charge in [-0.3, -0.25) is 4.79 Å². The third kappa shape index (κ3) is 2.54. The molecule has 5 heteroatoms. The molecule has 0 spiro atoms. The highest BCUT2D eigenvalue weighted by molar-refractivity contribution is 7.08. The summed E-state index contributed by atoms with van der Waals surface area (Å²) in [5, 5.41) is 6.56. The first-order valence-electron chi connectivity index (χ1n) is 4.32. The van der Waals surface area contributed by atoms with Gasteiger partial charge in [0.2, 0.25) is 0 Å². The standard InChI is InChI=1S/C9H11N3OS/c1-3-5-6-10-9(13)8-7(4-2)11-12-14-8/h1H,4-6H2,2H3,(H,10,13). The van der Waals surface area contributed by atoms with Crippen molar-refractivity contribution in [3.63, 3.8) is 0 Å². The number of nitrogens with one attached hydrogen (secondary N) is 1. The smallest absolute Gasteiger partial charge is 0.264 e. The van der Waals surface area contributed by atoms with Gasteiger partial charge in [-0.05, 0) is 18.0 Å². The molecular formula is C9H11N3OS. The number of carbonyl (C=O) groups excluding carboxylic acids is 1. The summed E-state index contributed by atoms with van der Waals surface area (Å²) in [6.45, 7) is 2.44. The summed E-state index contributed by atoms with van der Waals surface area (Å²) >= 11 is 1.12. The number of aryl methyl sites for hydroxylation is 1. The van der Waals surface area contributed by atoms with Gasteiger partial charge in [0.25, 0.3) is 5.91 Å². The van der Waals surface area contributed by atoms with Gasteiger partial charge in [-0.15, -0.1) is 17.4 Å². The van der Waals surface area contributed by atoms with E-state index < -0.39 is 0 Å². The molecule has 0 radical (unpaired) electrons. The first-order valence-corrected chi connectivity index (χ1v) is 5.09. The fourth-order valence-corrected chi connectivity index (χ4v) is 1.61. The van der Waals surface area contributed by atoms with Gasteiger partial charge in [0.15, 0.2) is 0 Å². The molecule has 1 rings (SSSR count). The van der Waals surface area contributed by atoms with Gasteiger partial charge in [-0.1, -0.05) is 11.4 Å². The molecule has 1 heterocycles. The van der Waals surface area contributed by atoms with Crippen LogP contribution in [0.2, 0.25) is 0 Å². The molecule has 1 N–H and O–H groups in total. The van der Waals surface area contributed by atoms with Crippen LogP contribution in [-0.2, 0) is 6.42 Å². The van der Waals surface area contributed by atoms with Crippen LogP contribution in [0.4, 0.5) is 0 Å². The minimum atomic E-state index is -0.132. The van der Waals surface area contributed by atoms with Gasteiger partial charge in [-0.2, -0.15) is 0 Å². The maximum Gasteiger partial charge on any atom is 0.264 e. The minimum absolute atomic E-state index is 0.132. The van der Waals surface area contributed by atoms with Gasteiger partial charge in [0, 0.05) is 13.0 Å². The van der Waals surface area contributed by atoms with E-state index in [0.29, 0.717) is 24.3 Å². The first-order chi connectivity index (χ1) is 6.79. The summed E-state index contributed by atoms with van der Waals surface area (Å²) in [5.41, 5.74) is 0.744. The predicted octanol–water partition coefficient (Wildman–Crippen LogP) is 0.854. The highest BCUT2D eigenvalue weighted by atomic mass is 32.1. The molecule has 1 amide bonds. The number of hydrogen-bond donors (Lipinski definition) is 1. The van der Waals surface area contributed by atoms with E-state index >= 15 is 0 Å². The van der Waals surface area contributed by atoms with E-state index in [2.05, 4.69) is 20.8 Å². The molecule has 74 valence electrons. The van der Waals surface area contributed by atoms with Crippen LogP contribution in [0, 0.1) is 12.3 Å². The van der Waals surface area contributed by atoms with E-state index in [4.69, 9.17) is 6.42 Å². The summed E-state index contributed by atoms with van der Waals surface area (Å²) in [4.78, 5) is 12.1. The molecule has 0 aromatic carbocycles. The van der Waals surface area contributed by atoms with E-state index in [9.17, 15) is 4.79 Å². The van der Waals surface area contributed by atoms with E-state index in [1.165, 1.54) is 0 Å². The summed E-state index contributed by atoms with van der Waals surface area (Å²) in [6.07, 6.45) is 6.32. The van der Waals surface area contributed by atoms with E-state index in [-0.39, 0.29) is 5.91 Å². The van der Waals surface area contributed by atoms with Crippen LogP contribution >= 0.6 is 11.5 Å². The second kappa shape index (κ2) is 5.35. The average molecular weight is 209 g/mol. The van der Waals surface area contributed by atoms with E-state index in [0.717, 1.165) is 17.2 Å². The normalized spacial score (nSPS) is 9.43. The Balaban J connectivity index is 2.57. The van der Waals surface area contributed by atoms with Crippen LogP contribution in [-0.4, -0.2) is 22.0 Å². The lowest BCUT2D eigenvalue weighted by molar-refractivity contribution is 0.0957. The largest absolute Gasteiger partial charge is 0.350 e. The molecule has 0 unspecified atom stereocenters. The molecule has 0 aliphatic carbocycles. The van der Waals surface area contributed by atoms with Crippen molar-refractivity contribution in [2.45, 2.75) is 19.8 Å². The van der Waals surface area contributed by atoms with Gasteiger partial charge in [0.1, 0.15) is 4.88 Å². The van der Waals surface area contributed by atoms with E-state index in [1.807, 2.05) is 6.92 Å². The number of terminal acetylenes is 1.